The van der Waals surface area contributed by atoms with Gasteiger partial charge in [0.15, 0.2) is 0 Å². The minimum Gasteiger partial charge on any atom is -0.345 e. The van der Waals surface area contributed by atoms with Crippen LogP contribution in [0.15, 0.2) is 72.8 Å². The number of carbonyl (C=O) groups is 3. The van der Waals surface area contributed by atoms with E-state index in [1.54, 1.807) is 48.5 Å². The van der Waals surface area contributed by atoms with Crippen LogP contribution in [0, 0.1) is 18.6 Å². The van der Waals surface area contributed by atoms with Gasteiger partial charge >= 0.3 is 0 Å². The number of carbonyl (C=O) groups excluding carboxylic acids is 3. The van der Waals surface area contributed by atoms with E-state index in [1.807, 2.05) is 13.0 Å². The molecule has 0 bridgehead atoms. The largest absolute Gasteiger partial charge is 0.345 e. The van der Waals surface area contributed by atoms with Gasteiger partial charge in [0.1, 0.15) is 18.2 Å². The first-order valence-corrected chi connectivity index (χ1v) is 10.2. The number of nitrogens with one attached hydrogen (secondary N) is 2. The number of benzene rings is 3. The summed E-state index contributed by atoms with van der Waals surface area (Å²) in [5, 5.41) is 5.14. The molecule has 0 heterocycles. The Kier molecular flexibility index (Phi) is 7.86. The van der Waals surface area contributed by atoms with Crippen LogP contribution in [0.25, 0.3) is 0 Å². The van der Waals surface area contributed by atoms with Crippen molar-refractivity contribution in [3.8, 4) is 0 Å². The van der Waals surface area contributed by atoms with Crippen LogP contribution >= 0.6 is 0 Å². The van der Waals surface area contributed by atoms with Crippen LogP contribution in [-0.4, -0.2) is 35.7 Å². The number of nitrogens with zero attached hydrogens (tertiary/aromatic N) is 1. The molecule has 0 saturated heterocycles. The second kappa shape index (κ2) is 11.0. The Labute approximate surface area is 190 Å². The van der Waals surface area contributed by atoms with Gasteiger partial charge in [-0.05, 0) is 42.3 Å². The van der Waals surface area contributed by atoms with Crippen molar-refractivity contribution >= 4 is 23.4 Å². The summed E-state index contributed by atoms with van der Waals surface area (Å²) in [6, 6.07) is 18.7. The lowest BCUT2D eigenvalue weighted by Gasteiger charge is -2.23. The molecule has 0 aliphatic rings. The Morgan fingerprint density at radius 2 is 1.64 bits per heavy atom. The summed E-state index contributed by atoms with van der Waals surface area (Å²) in [6.45, 7) is 1.20. The normalized spacial score (nSPS) is 10.4. The standard InChI is InChI=1S/C25H23F2N3O3/c1-17-6-5-9-20(12-17)29-23(31)14-28-24(32)16-30(15-18-7-3-2-4-8-18)25(33)21-11-10-19(26)13-22(21)27/h2-13H,14-16H2,1H3,(H,28,32)(H,29,31). The molecule has 0 aliphatic carbocycles. The Balaban J connectivity index is 1.66. The number of hydrogen-bond donors (Lipinski definition) is 2. The van der Waals surface area contributed by atoms with Gasteiger partial charge in [-0.1, -0.05) is 42.5 Å². The van der Waals surface area contributed by atoms with Gasteiger partial charge in [0, 0.05) is 18.3 Å². The van der Waals surface area contributed by atoms with E-state index >= 15 is 0 Å². The zero-order chi connectivity index (χ0) is 23.8. The molecular weight excluding hydrogens is 428 g/mol. The van der Waals surface area contributed by atoms with Gasteiger partial charge in [0.05, 0.1) is 12.1 Å². The van der Waals surface area contributed by atoms with Crippen LogP contribution in [0.1, 0.15) is 21.5 Å². The molecule has 0 saturated carbocycles. The van der Waals surface area contributed by atoms with Crippen molar-refractivity contribution in [3.63, 3.8) is 0 Å². The first kappa shape index (κ1) is 23.6. The third kappa shape index (κ3) is 6.96. The van der Waals surface area contributed by atoms with Crippen molar-refractivity contribution in [1.29, 1.82) is 0 Å². The fourth-order valence-corrected chi connectivity index (χ4v) is 3.17. The van der Waals surface area contributed by atoms with Crippen molar-refractivity contribution < 1.29 is 23.2 Å². The highest BCUT2D eigenvalue weighted by Crippen LogP contribution is 2.15. The maximum Gasteiger partial charge on any atom is 0.257 e. The molecule has 3 rings (SSSR count). The van der Waals surface area contributed by atoms with E-state index < -0.39 is 35.9 Å². The van der Waals surface area contributed by atoms with Crippen LogP contribution in [0.2, 0.25) is 0 Å². The number of hydrogen-bond acceptors (Lipinski definition) is 3. The highest BCUT2D eigenvalue weighted by molar-refractivity contribution is 5.98. The second-order valence-electron chi connectivity index (χ2n) is 7.47. The summed E-state index contributed by atoms with van der Waals surface area (Å²) in [7, 11) is 0. The summed E-state index contributed by atoms with van der Waals surface area (Å²) in [5.74, 6) is -3.62. The fourth-order valence-electron chi connectivity index (χ4n) is 3.17. The predicted molar refractivity (Wildman–Crippen MR) is 120 cm³/mol. The Morgan fingerprint density at radius 3 is 2.33 bits per heavy atom. The molecule has 0 aliphatic heterocycles. The van der Waals surface area contributed by atoms with Gasteiger partial charge in [-0.3, -0.25) is 14.4 Å². The average Bonchev–Trinajstić information content (AvgIpc) is 2.77. The summed E-state index contributed by atoms with van der Waals surface area (Å²) in [6.07, 6.45) is 0. The van der Waals surface area contributed by atoms with Gasteiger partial charge < -0.3 is 15.5 Å². The van der Waals surface area contributed by atoms with E-state index in [0.29, 0.717) is 11.8 Å². The summed E-state index contributed by atoms with van der Waals surface area (Å²) in [5.41, 5.74) is 1.94. The molecule has 6 nitrogen and oxygen atoms in total. The Bertz CT molecular complexity index is 1150. The second-order valence-corrected chi connectivity index (χ2v) is 7.47. The van der Waals surface area contributed by atoms with Crippen LogP contribution < -0.4 is 10.6 Å². The topological polar surface area (TPSA) is 78.5 Å². The number of anilines is 1. The van der Waals surface area contributed by atoms with Gasteiger partial charge in [-0.15, -0.1) is 0 Å². The molecule has 2 N–H and O–H groups in total. The number of halogens is 2. The van der Waals surface area contributed by atoms with Gasteiger partial charge in [-0.25, -0.2) is 8.78 Å². The van der Waals surface area contributed by atoms with E-state index in [9.17, 15) is 23.2 Å². The predicted octanol–water partition coefficient (Wildman–Crippen LogP) is 3.67. The molecular formula is C25H23F2N3O3. The molecule has 170 valence electrons. The van der Waals surface area contributed by atoms with Gasteiger partial charge in [0.2, 0.25) is 11.8 Å². The number of rotatable bonds is 8. The van der Waals surface area contributed by atoms with Crippen molar-refractivity contribution in [2.24, 2.45) is 0 Å². The molecule has 0 radical (unpaired) electrons. The summed E-state index contributed by atoms with van der Waals surface area (Å²) in [4.78, 5) is 38.7. The lowest BCUT2D eigenvalue weighted by molar-refractivity contribution is -0.124. The third-order valence-corrected chi connectivity index (χ3v) is 4.75. The molecule has 0 aromatic heterocycles. The monoisotopic (exact) mass is 451 g/mol. The van der Waals surface area contributed by atoms with E-state index in [2.05, 4.69) is 10.6 Å². The SMILES string of the molecule is Cc1cccc(NC(=O)CNC(=O)CN(Cc2ccccc2)C(=O)c2ccc(F)cc2F)c1. The average molecular weight is 451 g/mol. The minimum atomic E-state index is -1.02. The molecule has 3 amide bonds. The number of aryl methyl sites for hydroxylation is 1. The van der Waals surface area contributed by atoms with Crippen molar-refractivity contribution in [1.82, 2.24) is 10.2 Å². The molecule has 0 fully saturated rings. The maximum absolute atomic E-state index is 14.2. The summed E-state index contributed by atoms with van der Waals surface area (Å²) < 4.78 is 27.4. The van der Waals surface area contributed by atoms with Gasteiger partial charge in [0.25, 0.3) is 5.91 Å². The van der Waals surface area contributed by atoms with Crippen LogP contribution in [0.3, 0.4) is 0 Å². The van der Waals surface area contributed by atoms with Crippen LogP contribution in [-0.2, 0) is 16.1 Å². The molecule has 0 spiro atoms. The number of amides is 3. The first-order valence-electron chi connectivity index (χ1n) is 10.2. The minimum absolute atomic E-state index is 0.0272. The zero-order valence-electron chi connectivity index (χ0n) is 18.0. The van der Waals surface area contributed by atoms with Gasteiger partial charge in [-0.2, -0.15) is 0 Å². The van der Waals surface area contributed by atoms with E-state index in [1.165, 1.54) is 0 Å². The van der Waals surface area contributed by atoms with Crippen LogP contribution in [0.5, 0.6) is 0 Å². The fraction of sp³-hybridized carbons (Fsp3) is 0.160. The Hall–Kier alpha value is -4.07. The lowest BCUT2D eigenvalue weighted by atomic mass is 10.1. The Morgan fingerprint density at radius 1 is 0.879 bits per heavy atom. The van der Waals surface area contributed by atoms with Crippen LogP contribution in [0.4, 0.5) is 14.5 Å². The molecule has 0 unspecified atom stereocenters. The highest BCUT2D eigenvalue weighted by Gasteiger charge is 2.22. The smallest absolute Gasteiger partial charge is 0.257 e. The lowest BCUT2D eigenvalue weighted by Crippen LogP contribution is -2.42. The molecule has 3 aromatic rings. The highest BCUT2D eigenvalue weighted by atomic mass is 19.1. The zero-order valence-corrected chi connectivity index (χ0v) is 18.0. The van der Waals surface area contributed by atoms with Crippen molar-refractivity contribution in [3.05, 3.63) is 101 Å². The molecule has 33 heavy (non-hydrogen) atoms. The molecule has 3 aromatic carbocycles. The quantitative estimate of drug-likeness (QED) is 0.549. The summed E-state index contributed by atoms with van der Waals surface area (Å²) >= 11 is 0. The van der Waals surface area contributed by atoms with E-state index in [4.69, 9.17) is 0 Å². The molecule has 8 heteroatoms. The van der Waals surface area contributed by atoms with E-state index in [-0.39, 0.29) is 18.7 Å². The van der Waals surface area contributed by atoms with Crippen molar-refractivity contribution in [2.75, 3.05) is 18.4 Å². The third-order valence-electron chi connectivity index (χ3n) is 4.75. The van der Waals surface area contributed by atoms with Crippen molar-refractivity contribution in [2.45, 2.75) is 13.5 Å². The maximum atomic E-state index is 14.2. The molecule has 0 atom stereocenters. The first-order chi connectivity index (χ1) is 15.8. The van der Waals surface area contributed by atoms with E-state index in [0.717, 1.165) is 28.2 Å².